The van der Waals surface area contributed by atoms with E-state index in [0.717, 1.165) is 24.7 Å². The number of hydrogen-bond acceptors (Lipinski definition) is 2. The second-order valence-electron chi connectivity index (χ2n) is 9.74. The summed E-state index contributed by atoms with van der Waals surface area (Å²) in [5.74, 6) is 0.712. The van der Waals surface area contributed by atoms with E-state index in [1.807, 2.05) is 10.9 Å². The molecule has 0 atom stereocenters. The summed E-state index contributed by atoms with van der Waals surface area (Å²) in [4.78, 5) is 0. The van der Waals surface area contributed by atoms with E-state index in [1.165, 1.54) is 27.5 Å². The fourth-order valence-corrected chi connectivity index (χ4v) is 10.3. The Balaban J connectivity index is 1.58. The van der Waals surface area contributed by atoms with Gasteiger partial charge in [0.1, 0.15) is 0 Å². The van der Waals surface area contributed by atoms with Crippen molar-refractivity contribution in [2.24, 2.45) is 0 Å². The molecule has 5 aromatic rings. The molecule has 0 spiro atoms. The Kier molecular flexibility index (Phi) is 6.36. The number of nitrogens with zero attached hydrogens (tertiary/aromatic N) is 2. The zero-order chi connectivity index (χ0) is 25.2. The van der Waals surface area contributed by atoms with Crippen molar-refractivity contribution < 1.29 is 9.13 Å². The van der Waals surface area contributed by atoms with Crippen LogP contribution in [0.25, 0.3) is 5.69 Å². The second kappa shape index (κ2) is 9.95. The monoisotopic (exact) mass is 508 g/mol. The van der Waals surface area contributed by atoms with E-state index in [0.29, 0.717) is 17.4 Å². The molecular weight excluding hydrogens is 478 g/mol. The third-order valence-electron chi connectivity index (χ3n) is 7.49. The molecule has 0 radical (unpaired) electrons. The van der Waals surface area contributed by atoms with E-state index in [2.05, 4.69) is 91.0 Å². The van der Waals surface area contributed by atoms with Crippen LogP contribution in [-0.2, 0) is 6.16 Å². The topological polar surface area (TPSA) is 27.1 Å². The van der Waals surface area contributed by atoms with Gasteiger partial charge in [-0.3, -0.25) is 0 Å². The molecule has 1 fully saturated rings. The summed E-state index contributed by atoms with van der Waals surface area (Å²) >= 11 is 0. The Bertz CT molecular complexity index is 1400. The first-order valence-corrected chi connectivity index (χ1v) is 15.0. The average Bonchev–Trinajstić information content (AvgIpc) is 3.72. The van der Waals surface area contributed by atoms with E-state index in [-0.39, 0.29) is 5.82 Å². The maximum atomic E-state index is 15.1. The molecule has 4 aromatic carbocycles. The van der Waals surface area contributed by atoms with Crippen LogP contribution in [0.5, 0.6) is 5.75 Å². The Hall–Kier alpha value is -3.75. The molecule has 0 bridgehead atoms. The molecule has 1 aromatic heterocycles. The second-order valence-corrected chi connectivity index (χ2v) is 13.6. The molecule has 186 valence electrons. The van der Waals surface area contributed by atoms with Crippen LogP contribution >= 0.6 is 7.26 Å². The summed E-state index contributed by atoms with van der Waals surface area (Å²) in [5, 5.41) is 8.86. The predicted molar refractivity (Wildman–Crippen MR) is 152 cm³/mol. The maximum absolute atomic E-state index is 15.1. The molecule has 3 nitrogen and oxygen atoms in total. The summed E-state index contributed by atoms with van der Waals surface area (Å²) in [6, 6.07) is 37.6. The summed E-state index contributed by atoms with van der Waals surface area (Å²) < 4.78 is 22.3. The minimum absolute atomic E-state index is 0.296. The zero-order valence-electron chi connectivity index (χ0n) is 20.8. The minimum atomic E-state index is -2.50. The van der Waals surface area contributed by atoms with Crippen molar-refractivity contribution >= 4 is 23.2 Å². The van der Waals surface area contributed by atoms with Crippen molar-refractivity contribution in [1.82, 2.24) is 9.78 Å². The van der Waals surface area contributed by atoms with Crippen LogP contribution in [-0.4, -0.2) is 16.9 Å². The van der Waals surface area contributed by atoms with E-state index in [4.69, 9.17) is 9.84 Å². The molecule has 37 heavy (non-hydrogen) atoms. The first-order valence-electron chi connectivity index (χ1n) is 12.8. The Labute approximate surface area is 217 Å². The van der Waals surface area contributed by atoms with Gasteiger partial charge in [0.25, 0.3) is 0 Å². The van der Waals surface area contributed by atoms with Gasteiger partial charge in [-0.1, -0.05) is 0 Å². The molecule has 0 unspecified atom stereocenters. The van der Waals surface area contributed by atoms with Gasteiger partial charge in [-0.25, -0.2) is 0 Å². The Morgan fingerprint density at radius 2 is 1.35 bits per heavy atom. The van der Waals surface area contributed by atoms with Crippen LogP contribution in [0.3, 0.4) is 0 Å². The van der Waals surface area contributed by atoms with Gasteiger partial charge >= 0.3 is 218 Å². The third-order valence-corrected chi connectivity index (χ3v) is 12.4. The van der Waals surface area contributed by atoms with Gasteiger partial charge in [0.15, 0.2) is 0 Å². The summed E-state index contributed by atoms with van der Waals surface area (Å²) in [6.07, 6.45) is 5.02. The van der Waals surface area contributed by atoms with Gasteiger partial charge in [-0.05, 0) is 0 Å². The van der Waals surface area contributed by atoms with Gasteiger partial charge in [-0.2, -0.15) is 0 Å². The fourth-order valence-electron chi connectivity index (χ4n) is 5.55. The van der Waals surface area contributed by atoms with E-state index >= 15 is 4.39 Å². The van der Waals surface area contributed by atoms with Crippen LogP contribution in [0.2, 0.25) is 0 Å². The van der Waals surface area contributed by atoms with Crippen LogP contribution in [0.4, 0.5) is 4.39 Å². The van der Waals surface area contributed by atoms with Gasteiger partial charge in [0, 0.05) is 0 Å². The molecule has 5 heteroatoms. The van der Waals surface area contributed by atoms with Gasteiger partial charge in [0.05, 0.1) is 0 Å². The van der Waals surface area contributed by atoms with Crippen LogP contribution < -0.4 is 20.7 Å². The quantitative estimate of drug-likeness (QED) is 0.236. The van der Waals surface area contributed by atoms with Gasteiger partial charge in [-0.15, -0.1) is 0 Å². The van der Waals surface area contributed by atoms with Crippen LogP contribution in [0.1, 0.15) is 30.0 Å². The first kappa shape index (κ1) is 23.6. The van der Waals surface area contributed by atoms with Crippen molar-refractivity contribution in [2.75, 3.05) is 7.11 Å². The SMILES string of the molecule is COc1ccc(F)c(-n2ncc(C[PH](c3ccccc3)(c3ccccc3)c3ccccc3)c2C2CC2)c1. The molecule has 0 amide bonds. The van der Waals surface area contributed by atoms with Crippen molar-refractivity contribution in [1.29, 1.82) is 0 Å². The van der Waals surface area contributed by atoms with E-state index < -0.39 is 7.26 Å². The van der Waals surface area contributed by atoms with E-state index in [9.17, 15) is 0 Å². The number of methoxy groups -OCH3 is 1. The van der Waals surface area contributed by atoms with Crippen molar-refractivity contribution in [3.8, 4) is 11.4 Å². The molecular formula is C32H30FN2OP. The normalized spacial score (nSPS) is 13.9. The van der Waals surface area contributed by atoms with Gasteiger partial charge < -0.3 is 0 Å². The number of halogens is 1. The third kappa shape index (κ3) is 4.36. The number of ether oxygens (including phenoxy) is 1. The molecule has 1 saturated carbocycles. The average molecular weight is 509 g/mol. The summed E-state index contributed by atoms with van der Waals surface area (Å²) in [6.45, 7) is 0. The van der Waals surface area contributed by atoms with Gasteiger partial charge in [0.2, 0.25) is 0 Å². The van der Waals surface area contributed by atoms with Crippen LogP contribution in [0.15, 0.2) is 115 Å². The Morgan fingerprint density at radius 1 is 0.811 bits per heavy atom. The number of hydrogen-bond donors (Lipinski definition) is 0. The Morgan fingerprint density at radius 3 is 1.84 bits per heavy atom. The summed E-state index contributed by atoms with van der Waals surface area (Å²) in [7, 11) is -0.901. The number of aromatic nitrogens is 2. The van der Waals surface area contributed by atoms with E-state index in [1.54, 1.807) is 19.2 Å². The molecule has 0 aliphatic heterocycles. The zero-order valence-corrected chi connectivity index (χ0v) is 21.8. The fraction of sp³-hybridized carbons (Fsp3) is 0.156. The number of benzene rings is 4. The standard InChI is InChI=1S/C32H30FN2OP/c1-36-26-19-20-30(33)31(21-26)35-32(24-17-18-24)25(22-34-35)23-37(27-11-5-2-6-12-27,28-13-7-3-8-14-28)29-15-9-4-10-16-29/h2-16,19-22,24,37H,17-18,23H2,1H3. The molecule has 6 rings (SSSR count). The molecule has 0 saturated heterocycles. The summed E-state index contributed by atoms with van der Waals surface area (Å²) in [5.41, 5.74) is 2.78. The molecule has 1 aliphatic carbocycles. The first-order chi connectivity index (χ1) is 18.2. The van der Waals surface area contributed by atoms with Crippen LogP contribution in [0, 0.1) is 5.82 Å². The van der Waals surface area contributed by atoms with Crippen molar-refractivity contribution in [3.05, 3.63) is 132 Å². The molecule has 1 heterocycles. The van der Waals surface area contributed by atoms with Crippen molar-refractivity contribution in [3.63, 3.8) is 0 Å². The number of rotatable bonds is 8. The predicted octanol–water partition coefficient (Wildman–Crippen LogP) is 6.12. The molecule has 1 aliphatic rings. The van der Waals surface area contributed by atoms with Crippen molar-refractivity contribution in [2.45, 2.75) is 24.9 Å². The molecule has 0 N–H and O–H groups in total.